The number of nitrogens with one attached hydrogen (secondary N) is 1. The fourth-order valence-corrected chi connectivity index (χ4v) is 4.51. The number of nitrogens with zero attached hydrogens (tertiary/aromatic N) is 4. The minimum atomic E-state index is 0.537. The molecule has 0 saturated carbocycles. The van der Waals surface area contributed by atoms with Gasteiger partial charge in [-0.3, -0.25) is 0 Å². The highest BCUT2D eigenvalue weighted by Gasteiger charge is 2.19. The average molecular weight is 419 g/mol. The molecule has 3 N–H and O–H groups in total. The summed E-state index contributed by atoms with van der Waals surface area (Å²) >= 11 is 1.40. The highest BCUT2D eigenvalue weighted by atomic mass is 32.1. The third kappa shape index (κ3) is 3.39. The number of nitrogens with two attached hydrogens (primary N) is 1. The van der Waals surface area contributed by atoms with Crippen molar-refractivity contribution >= 4 is 38.3 Å². The summed E-state index contributed by atoms with van der Waals surface area (Å²) in [5.74, 6) is 1.82. The van der Waals surface area contributed by atoms with E-state index in [9.17, 15) is 0 Å². The zero-order valence-electron chi connectivity index (χ0n) is 16.8. The third-order valence-corrected chi connectivity index (χ3v) is 6.09. The number of nitrogen functional groups attached to an aromatic ring is 1. The van der Waals surface area contributed by atoms with E-state index in [4.69, 9.17) is 10.5 Å². The number of pyridine rings is 2. The van der Waals surface area contributed by atoms with Crippen LogP contribution in [-0.2, 0) is 6.54 Å². The van der Waals surface area contributed by atoms with Crippen molar-refractivity contribution < 1.29 is 4.74 Å². The summed E-state index contributed by atoms with van der Waals surface area (Å²) in [5, 5.41) is 3.64. The summed E-state index contributed by atoms with van der Waals surface area (Å²) in [4.78, 5) is 16.4. The standard InChI is InChI=1S/C22H22N6OS/c1-13-7-14(15-9-18-21(26-11-15)30-22(23)27-18)8-16-12-28(5-6-29-20(13)16)17-3-4-25-19(10-17)24-2/h3-4,7-11H,5-6,12H2,1-2H3,(H2,23,27)(H,24,25). The molecule has 0 unspecified atom stereocenters. The molecule has 4 aromatic rings. The Morgan fingerprint density at radius 1 is 1.17 bits per heavy atom. The van der Waals surface area contributed by atoms with E-state index in [0.29, 0.717) is 11.7 Å². The lowest BCUT2D eigenvalue weighted by Gasteiger charge is -2.22. The molecule has 0 atom stereocenters. The fraction of sp³-hybridized carbons (Fsp3) is 0.227. The number of ether oxygens (including phenoxy) is 1. The van der Waals surface area contributed by atoms with Crippen LogP contribution in [0.15, 0.2) is 42.7 Å². The molecule has 1 aliphatic rings. The molecule has 4 heterocycles. The van der Waals surface area contributed by atoms with E-state index in [1.807, 2.05) is 31.6 Å². The second-order valence-electron chi connectivity index (χ2n) is 7.30. The lowest BCUT2D eigenvalue weighted by atomic mass is 9.99. The first kappa shape index (κ1) is 18.6. The van der Waals surface area contributed by atoms with Crippen LogP contribution in [0, 0.1) is 6.92 Å². The van der Waals surface area contributed by atoms with Gasteiger partial charge in [-0.25, -0.2) is 15.0 Å². The van der Waals surface area contributed by atoms with Gasteiger partial charge in [0.1, 0.15) is 28.5 Å². The first-order valence-electron chi connectivity index (χ1n) is 9.78. The lowest BCUT2D eigenvalue weighted by molar-refractivity contribution is 0.329. The molecule has 30 heavy (non-hydrogen) atoms. The number of rotatable bonds is 3. The lowest BCUT2D eigenvalue weighted by Crippen LogP contribution is -2.25. The minimum absolute atomic E-state index is 0.537. The summed E-state index contributed by atoms with van der Waals surface area (Å²) in [7, 11) is 1.88. The van der Waals surface area contributed by atoms with Crippen LogP contribution < -0.4 is 20.7 Å². The molecule has 8 heteroatoms. The molecule has 1 aromatic carbocycles. The Hall–Kier alpha value is -3.39. The molecular formula is C22H22N6OS. The fourth-order valence-electron chi connectivity index (χ4n) is 3.85. The maximum Gasteiger partial charge on any atom is 0.182 e. The monoisotopic (exact) mass is 418 g/mol. The van der Waals surface area contributed by atoms with E-state index in [1.54, 1.807) is 0 Å². The Kier molecular flexibility index (Phi) is 4.63. The van der Waals surface area contributed by atoms with Gasteiger partial charge in [0, 0.05) is 48.9 Å². The van der Waals surface area contributed by atoms with Crippen LogP contribution in [0.25, 0.3) is 21.5 Å². The van der Waals surface area contributed by atoms with Gasteiger partial charge in [-0.2, -0.15) is 0 Å². The summed E-state index contributed by atoms with van der Waals surface area (Å²) in [6.07, 6.45) is 3.72. The highest BCUT2D eigenvalue weighted by molar-refractivity contribution is 7.21. The van der Waals surface area contributed by atoms with Gasteiger partial charge >= 0.3 is 0 Å². The Bertz CT molecular complexity index is 1240. The van der Waals surface area contributed by atoms with E-state index in [2.05, 4.69) is 50.3 Å². The van der Waals surface area contributed by atoms with Crippen molar-refractivity contribution in [2.75, 3.05) is 36.1 Å². The number of benzene rings is 1. The zero-order chi connectivity index (χ0) is 20.7. The van der Waals surface area contributed by atoms with Gasteiger partial charge in [-0.15, -0.1) is 0 Å². The van der Waals surface area contributed by atoms with Crippen molar-refractivity contribution in [3.05, 3.63) is 53.9 Å². The van der Waals surface area contributed by atoms with Crippen molar-refractivity contribution in [2.24, 2.45) is 0 Å². The molecule has 152 valence electrons. The van der Waals surface area contributed by atoms with Crippen molar-refractivity contribution in [1.82, 2.24) is 15.0 Å². The van der Waals surface area contributed by atoms with Crippen LogP contribution in [0.3, 0.4) is 0 Å². The van der Waals surface area contributed by atoms with Gasteiger partial charge in [-0.1, -0.05) is 11.3 Å². The zero-order valence-corrected chi connectivity index (χ0v) is 17.7. The predicted molar refractivity (Wildman–Crippen MR) is 122 cm³/mol. The number of anilines is 3. The van der Waals surface area contributed by atoms with Gasteiger partial charge in [-0.05, 0) is 42.3 Å². The molecule has 0 saturated heterocycles. The third-order valence-electron chi connectivity index (χ3n) is 5.28. The van der Waals surface area contributed by atoms with Gasteiger partial charge < -0.3 is 20.7 Å². The molecule has 1 aliphatic heterocycles. The molecule has 5 rings (SSSR count). The van der Waals surface area contributed by atoms with Gasteiger partial charge in [0.05, 0.1) is 6.54 Å². The highest BCUT2D eigenvalue weighted by Crippen LogP contribution is 2.35. The molecule has 0 amide bonds. The normalized spacial score (nSPS) is 13.6. The van der Waals surface area contributed by atoms with Crippen LogP contribution >= 0.6 is 11.3 Å². The summed E-state index contributed by atoms with van der Waals surface area (Å²) in [5.41, 5.74) is 12.2. The van der Waals surface area contributed by atoms with Crippen molar-refractivity contribution in [2.45, 2.75) is 13.5 Å². The van der Waals surface area contributed by atoms with Crippen LogP contribution in [0.1, 0.15) is 11.1 Å². The quantitative estimate of drug-likeness (QED) is 0.518. The Labute approximate surface area is 178 Å². The maximum absolute atomic E-state index is 6.14. The average Bonchev–Trinajstić information content (AvgIpc) is 2.99. The topological polar surface area (TPSA) is 89.2 Å². The van der Waals surface area contributed by atoms with Gasteiger partial charge in [0.25, 0.3) is 0 Å². The molecule has 0 bridgehead atoms. The molecular weight excluding hydrogens is 396 g/mol. The smallest absolute Gasteiger partial charge is 0.182 e. The van der Waals surface area contributed by atoms with E-state index in [-0.39, 0.29) is 0 Å². The van der Waals surface area contributed by atoms with E-state index in [0.717, 1.165) is 62.9 Å². The van der Waals surface area contributed by atoms with E-state index in [1.165, 1.54) is 11.3 Å². The van der Waals surface area contributed by atoms with Gasteiger partial charge in [0.2, 0.25) is 0 Å². The van der Waals surface area contributed by atoms with Crippen LogP contribution in [0.2, 0.25) is 0 Å². The summed E-state index contributed by atoms with van der Waals surface area (Å²) < 4.78 is 6.14. The largest absolute Gasteiger partial charge is 0.491 e. The van der Waals surface area contributed by atoms with E-state index >= 15 is 0 Å². The van der Waals surface area contributed by atoms with Crippen LogP contribution in [-0.4, -0.2) is 35.2 Å². The maximum atomic E-state index is 6.14. The number of aryl methyl sites for hydroxylation is 1. The van der Waals surface area contributed by atoms with E-state index < -0.39 is 0 Å². The van der Waals surface area contributed by atoms with Crippen molar-refractivity contribution in [3.63, 3.8) is 0 Å². The minimum Gasteiger partial charge on any atom is -0.491 e. The molecule has 0 radical (unpaired) electrons. The number of thiazole rings is 1. The van der Waals surface area contributed by atoms with Gasteiger partial charge in [0.15, 0.2) is 5.13 Å². The molecule has 0 spiro atoms. The first-order chi connectivity index (χ1) is 14.6. The van der Waals surface area contributed by atoms with Crippen molar-refractivity contribution in [3.8, 4) is 16.9 Å². The molecule has 0 fully saturated rings. The Morgan fingerprint density at radius 3 is 2.93 bits per heavy atom. The van der Waals surface area contributed by atoms with Crippen LogP contribution in [0.5, 0.6) is 5.75 Å². The molecule has 3 aromatic heterocycles. The Balaban J connectivity index is 1.54. The van der Waals surface area contributed by atoms with Crippen molar-refractivity contribution in [1.29, 1.82) is 0 Å². The summed E-state index contributed by atoms with van der Waals surface area (Å²) in [6, 6.07) is 10.5. The molecule has 7 nitrogen and oxygen atoms in total. The molecule has 0 aliphatic carbocycles. The van der Waals surface area contributed by atoms with Crippen LogP contribution in [0.4, 0.5) is 16.6 Å². The predicted octanol–water partition coefficient (Wildman–Crippen LogP) is 4.08. The first-order valence-corrected chi connectivity index (χ1v) is 10.6. The number of fused-ring (bicyclic) bond motifs is 2. The number of aromatic nitrogens is 3. The second kappa shape index (κ2) is 7.46. The number of hydrogen-bond acceptors (Lipinski definition) is 8. The SMILES string of the molecule is CNc1cc(N2CCOc3c(C)cc(-c4cnc5sc(N)nc5c4)cc3C2)ccn1. The second-order valence-corrected chi connectivity index (χ2v) is 8.31. The Morgan fingerprint density at radius 2 is 2.07 bits per heavy atom. The number of hydrogen-bond donors (Lipinski definition) is 2. The summed E-state index contributed by atoms with van der Waals surface area (Å²) in [6.45, 7) is 4.30.